The number of nitriles is 1. The Balaban J connectivity index is 0.918. The number of thiocarbonyl (C=S) groups is 1. The Kier molecular flexibility index (Phi) is 12.7. The summed E-state index contributed by atoms with van der Waals surface area (Å²) in [6, 6.07) is 8.44. The molecule has 4 fully saturated rings. The van der Waals surface area contributed by atoms with E-state index < -0.39 is 34.7 Å². The highest BCUT2D eigenvalue weighted by Gasteiger charge is 2.52. The van der Waals surface area contributed by atoms with E-state index in [1.807, 2.05) is 4.90 Å². The number of hydrogen-bond donors (Lipinski definition) is 2. The fraction of sp³-hybridized carbons (Fsp3) is 0.575. The lowest BCUT2D eigenvalue weighted by atomic mass is 9.89. The Bertz CT molecular complexity index is 1900. The van der Waals surface area contributed by atoms with E-state index >= 15 is 0 Å². The number of piperidine rings is 1. The van der Waals surface area contributed by atoms with Gasteiger partial charge in [0.05, 0.1) is 41.5 Å². The Morgan fingerprint density at radius 2 is 1.77 bits per heavy atom. The molecule has 0 spiro atoms. The number of piperazine rings is 1. The fourth-order valence-corrected chi connectivity index (χ4v) is 9.23. The highest BCUT2D eigenvalue weighted by molar-refractivity contribution is 7.80. The van der Waals surface area contributed by atoms with Crippen LogP contribution in [0.5, 0.6) is 0 Å². The zero-order valence-corrected chi connectivity index (χ0v) is 33.4. The number of pyridine rings is 1. The van der Waals surface area contributed by atoms with Gasteiger partial charge in [0, 0.05) is 57.0 Å². The number of anilines is 2. The van der Waals surface area contributed by atoms with Crippen molar-refractivity contribution in [3.05, 3.63) is 53.2 Å². The number of benzene rings is 1. The number of aromatic nitrogens is 1. The number of nitrogens with one attached hydrogen (secondary N) is 2. The van der Waals surface area contributed by atoms with Crippen LogP contribution in [0.4, 0.5) is 24.7 Å². The van der Waals surface area contributed by atoms with E-state index in [9.17, 15) is 37.6 Å². The molecule has 2 N–H and O–H groups in total. The van der Waals surface area contributed by atoms with Gasteiger partial charge in [0.25, 0.3) is 5.91 Å². The average Bonchev–Trinajstić information content (AvgIpc) is 3.33. The Hall–Kier alpha value is -4.50. The monoisotopic (exact) mass is 810 g/mol. The van der Waals surface area contributed by atoms with Crippen LogP contribution in [0, 0.1) is 11.3 Å². The van der Waals surface area contributed by atoms with E-state index in [0.29, 0.717) is 37.3 Å². The molecule has 4 amide bonds. The third-order valence-corrected chi connectivity index (χ3v) is 12.0. The lowest BCUT2D eigenvalue weighted by Crippen LogP contribution is -2.58. The molecule has 3 aliphatic heterocycles. The number of hydrogen-bond acceptors (Lipinski definition) is 10. The van der Waals surface area contributed by atoms with Crippen molar-refractivity contribution in [1.82, 2.24) is 25.0 Å². The summed E-state index contributed by atoms with van der Waals surface area (Å²) in [5.74, 6) is -1.22. The summed E-state index contributed by atoms with van der Waals surface area (Å²) in [5.41, 5.74) is -1.99. The SMILES string of the molecule is C[C@@H]1CN(CCCO[C@H]2CC[C@H](N3C(=S)N(c4ccc(C#N)c(C(F)(F)F)c4)C(=O)C3(C)C)CC2)C[C@H](C)N1CC(=O)Nc1ccc(C2CCC(=O)NC2=O)cn1. The molecule has 4 heterocycles. The molecule has 3 atom stereocenters. The van der Waals surface area contributed by atoms with Crippen LogP contribution in [0.3, 0.4) is 0 Å². The second kappa shape index (κ2) is 17.2. The van der Waals surface area contributed by atoms with Crippen molar-refractivity contribution in [2.24, 2.45) is 0 Å². The molecule has 0 bridgehead atoms. The third-order valence-electron chi connectivity index (χ3n) is 11.6. The molecule has 3 saturated heterocycles. The second-order valence-corrected chi connectivity index (χ2v) is 16.4. The first kappa shape index (κ1) is 42.1. The van der Waals surface area contributed by atoms with Crippen LogP contribution in [-0.4, -0.2) is 111 Å². The summed E-state index contributed by atoms with van der Waals surface area (Å²) in [7, 11) is 0. The summed E-state index contributed by atoms with van der Waals surface area (Å²) in [4.78, 5) is 62.2. The number of nitrogens with zero attached hydrogens (tertiary/aromatic N) is 6. The van der Waals surface area contributed by atoms with Crippen LogP contribution in [0.2, 0.25) is 0 Å². The topological polar surface area (TPSA) is 151 Å². The first-order valence-corrected chi connectivity index (χ1v) is 19.9. The van der Waals surface area contributed by atoms with Gasteiger partial charge in [-0.2, -0.15) is 18.4 Å². The number of amides is 4. The molecule has 2 aromatic rings. The molecule has 6 rings (SSSR count). The van der Waals surface area contributed by atoms with Crippen LogP contribution in [0.1, 0.15) is 95.2 Å². The highest BCUT2D eigenvalue weighted by Crippen LogP contribution is 2.41. The quantitative estimate of drug-likeness (QED) is 0.180. The van der Waals surface area contributed by atoms with Crippen molar-refractivity contribution in [3.63, 3.8) is 0 Å². The molecule has 4 aliphatic rings. The number of alkyl halides is 3. The summed E-state index contributed by atoms with van der Waals surface area (Å²) >= 11 is 5.73. The molecule has 1 aromatic heterocycles. The van der Waals surface area contributed by atoms with Crippen LogP contribution in [0.15, 0.2) is 36.5 Å². The van der Waals surface area contributed by atoms with Crippen LogP contribution < -0.4 is 15.5 Å². The molecule has 57 heavy (non-hydrogen) atoms. The Morgan fingerprint density at radius 1 is 1.07 bits per heavy atom. The molecule has 0 radical (unpaired) electrons. The van der Waals surface area contributed by atoms with Gasteiger partial charge in [0.2, 0.25) is 17.7 Å². The molecule has 1 aromatic carbocycles. The summed E-state index contributed by atoms with van der Waals surface area (Å²) < 4.78 is 47.4. The lowest BCUT2D eigenvalue weighted by Gasteiger charge is -2.44. The zero-order chi connectivity index (χ0) is 41.2. The molecule has 1 aliphatic carbocycles. The van der Waals surface area contributed by atoms with E-state index in [-0.39, 0.29) is 65.7 Å². The number of halogens is 3. The minimum absolute atomic E-state index is 0.00936. The minimum atomic E-state index is -4.76. The van der Waals surface area contributed by atoms with Crippen molar-refractivity contribution < 1.29 is 37.1 Å². The number of ether oxygens (including phenoxy) is 1. The van der Waals surface area contributed by atoms with Crippen LogP contribution in [-0.2, 0) is 30.1 Å². The number of carbonyl (C=O) groups excluding carboxylic acids is 4. The first-order valence-electron chi connectivity index (χ1n) is 19.5. The van der Waals surface area contributed by atoms with Gasteiger partial charge in [-0.1, -0.05) is 6.07 Å². The van der Waals surface area contributed by atoms with Crippen molar-refractivity contribution in [2.75, 3.05) is 43.0 Å². The first-order chi connectivity index (χ1) is 27.0. The van der Waals surface area contributed by atoms with Gasteiger partial charge >= 0.3 is 6.18 Å². The van der Waals surface area contributed by atoms with Gasteiger partial charge in [0.15, 0.2) is 5.11 Å². The third kappa shape index (κ3) is 9.30. The van der Waals surface area contributed by atoms with Gasteiger partial charge in [-0.25, -0.2) is 4.98 Å². The predicted octanol–water partition coefficient (Wildman–Crippen LogP) is 4.96. The number of imide groups is 1. The molecule has 306 valence electrons. The van der Waals surface area contributed by atoms with Crippen LogP contribution in [0.25, 0.3) is 0 Å². The average molecular weight is 811 g/mol. The molecule has 1 unspecified atom stereocenters. The van der Waals surface area contributed by atoms with E-state index in [2.05, 4.69) is 39.3 Å². The zero-order valence-electron chi connectivity index (χ0n) is 32.6. The van der Waals surface area contributed by atoms with E-state index in [4.69, 9.17) is 17.0 Å². The maximum atomic E-state index is 13.7. The normalized spacial score (nSPS) is 26.0. The molecule has 1 saturated carbocycles. The largest absolute Gasteiger partial charge is 0.417 e. The summed E-state index contributed by atoms with van der Waals surface area (Å²) in [5, 5.41) is 14.6. The Labute approximate surface area is 335 Å². The number of rotatable bonds is 11. The van der Waals surface area contributed by atoms with Gasteiger partial charge in [-0.05, 0) is 108 Å². The minimum Gasteiger partial charge on any atom is -0.378 e. The lowest BCUT2D eigenvalue weighted by molar-refractivity contribution is -0.138. The Morgan fingerprint density at radius 3 is 2.39 bits per heavy atom. The molecule has 17 heteroatoms. The van der Waals surface area contributed by atoms with Crippen molar-refractivity contribution in [3.8, 4) is 6.07 Å². The van der Waals surface area contributed by atoms with E-state index in [1.165, 1.54) is 6.07 Å². The van der Waals surface area contributed by atoms with Gasteiger partial charge in [-0.3, -0.25) is 34.3 Å². The van der Waals surface area contributed by atoms with Gasteiger partial charge in [-0.15, -0.1) is 0 Å². The van der Waals surface area contributed by atoms with Crippen LogP contribution >= 0.6 is 12.2 Å². The van der Waals surface area contributed by atoms with Gasteiger partial charge in [0.1, 0.15) is 11.4 Å². The van der Waals surface area contributed by atoms with Crippen molar-refractivity contribution in [2.45, 2.75) is 115 Å². The summed E-state index contributed by atoms with van der Waals surface area (Å²) in [6.45, 7) is 11.0. The molecule has 13 nitrogen and oxygen atoms in total. The summed E-state index contributed by atoms with van der Waals surface area (Å²) in [6.07, 6.45) is 1.37. The molecular weight excluding hydrogens is 762 g/mol. The van der Waals surface area contributed by atoms with Crippen molar-refractivity contribution >= 4 is 52.5 Å². The smallest absolute Gasteiger partial charge is 0.378 e. The second-order valence-electron chi connectivity index (χ2n) is 16.0. The van der Waals surface area contributed by atoms with Gasteiger partial charge < -0.3 is 19.9 Å². The maximum Gasteiger partial charge on any atom is 0.417 e. The number of carbonyl (C=O) groups is 4. The maximum absolute atomic E-state index is 13.7. The van der Waals surface area contributed by atoms with Crippen molar-refractivity contribution in [1.29, 1.82) is 5.26 Å². The highest BCUT2D eigenvalue weighted by atomic mass is 32.1. The fourth-order valence-electron chi connectivity index (χ4n) is 8.67. The van der Waals surface area contributed by atoms with E-state index in [1.54, 1.807) is 38.2 Å². The molecular formula is C40H49F3N8O5S. The predicted molar refractivity (Wildman–Crippen MR) is 209 cm³/mol. The standard InChI is InChI=1S/C40H49F3N8O5S/c1-24-21-48(22-25(2)49(24)23-35(53)46-33-14-7-27(20-45-33)31-13-15-34(52)47-36(31)54)16-5-17-56-30-11-9-28(10-12-30)51-38(57)50(37(55)39(51,3)4)29-8-6-26(19-44)32(18-29)40(41,42)43/h6-8,14,18,20,24-25,28,30-31H,5,9-13,15-17,21-23H2,1-4H3,(H,45,46,53)(H,47,52,54)/t24-,25+,28-,30-,31?. The van der Waals surface area contributed by atoms with E-state index in [0.717, 1.165) is 55.9 Å².